The van der Waals surface area contributed by atoms with Crippen LogP contribution < -0.4 is 9.86 Å². The lowest BCUT2D eigenvalue weighted by Gasteiger charge is -2.24. The average Bonchev–Trinajstić information content (AvgIpc) is 2.38. The maximum absolute atomic E-state index is 11.8. The van der Waals surface area contributed by atoms with Crippen LogP contribution in [0, 0.1) is 0 Å². The van der Waals surface area contributed by atoms with Gasteiger partial charge in [0.05, 0.1) is 16.6 Å². The maximum atomic E-state index is 11.8. The van der Waals surface area contributed by atoms with Gasteiger partial charge in [0.2, 0.25) is 0 Å². The van der Waals surface area contributed by atoms with Gasteiger partial charge >= 0.3 is 0 Å². The predicted octanol–water partition coefficient (Wildman–Crippen LogP) is 1.29. The molecule has 0 radical (unpaired) electrons. The average molecular weight is 276 g/mol. The number of aromatic nitrogens is 1. The van der Waals surface area contributed by atoms with Gasteiger partial charge in [-0.15, -0.1) is 0 Å². The number of hydrogen-bond acceptors (Lipinski definition) is 3. The molecule has 0 saturated carbocycles. The van der Waals surface area contributed by atoms with Gasteiger partial charge in [-0.2, -0.15) is 0 Å². The van der Waals surface area contributed by atoms with Gasteiger partial charge in [-0.3, -0.25) is 9.10 Å². The summed E-state index contributed by atoms with van der Waals surface area (Å²) in [6.07, 6.45) is 1.58. The number of anilines is 1. The van der Waals surface area contributed by atoms with Crippen LogP contribution in [0.4, 0.5) is 5.69 Å². The van der Waals surface area contributed by atoms with Crippen LogP contribution in [0.5, 0.6) is 0 Å². The number of pyridine rings is 1. The van der Waals surface area contributed by atoms with Crippen LogP contribution in [0.15, 0.2) is 34.5 Å². The van der Waals surface area contributed by atoms with Crippen molar-refractivity contribution in [2.45, 2.75) is 0 Å². The van der Waals surface area contributed by atoms with E-state index >= 15 is 0 Å². The standard InChI is InChI=1S/C13H12N2O3S/c1-14-11-4-5-12-10(9(11)3-6-13(14)16)7-8-19(17,18)15(12)2/h3-8H,1-2H3. The molecular formula is C13H12N2O3S. The molecule has 0 bridgehead atoms. The van der Waals surface area contributed by atoms with Crippen LogP contribution in [0.25, 0.3) is 17.0 Å². The van der Waals surface area contributed by atoms with Gasteiger partial charge in [0, 0.05) is 31.1 Å². The van der Waals surface area contributed by atoms with E-state index in [0.717, 1.165) is 16.5 Å². The Balaban J connectivity index is 2.45. The molecule has 0 spiro atoms. The largest absolute Gasteiger partial charge is 0.311 e. The van der Waals surface area contributed by atoms with E-state index in [1.807, 2.05) is 0 Å². The summed E-state index contributed by atoms with van der Waals surface area (Å²) >= 11 is 0. The maximum Gasteiger partial charge on any atom is 0.257 e. The minimum Gasteiger partial charge on any atom is -0.311 e. The quantitative estimate of drug-likeness (QED) is 0.728. The Kier molecular flexibility index (Phi) is 2.34. The summed E-state index contributed by atoms with van der Waals surface area (Å²) in [5.74, 6) is 0. The monoisotopic (exact) mass is 276 g/mol. The van der Waals surface area contributed by atoms with Gasteiger partial charge in [0.15, 0.2) is 0 Å². The third kappa shape index (κ3) is 1.60. The van der Waals surface area contributed by atoms with Crippen molar-refractivity contribution in [2.24, 2.45) is 7.05 Å². The zero-order valence-corrected chi connectivity index (χ0v) is 11.3. The van der Waals surface area contributed by atoms with Crippen LogP contribution in [0.2, 0.25) is 0 Å². The van der Waals surface area contributed by atoms with E-state index in [-0.39, 0.29) is 5.56 Å². The topological polar surface area (TPSA) is 59.4 Å². The second kappa shape index (κ2) is 3.71. The number of sulfonamides is 1. The Morgan fingerprint density at radius 1 is 1.05 bits per heavy atom. The molecule has 98 valence electrons. The summed E-state index contributed by atoms with van der Waals surface area (Å²) in [6, 6.07) is 6.70. The lowest BCUT2D eigenvalue weighted by atomic mass is 10.1. The van der Waals surface area contributed by atoms with Gasteiger partial charge in [0.1, 0.15) is 0 Å². The van der Waals surface area contributed by atoms with Crippen molar-refractivity contribution in [1.82, 2.24) is 4.57 Å². The molecule has 0 amide bonds. The van der Waals surface area contributed by atoms with E-state index in [2.05, 4.69) is 0 Å². The number of hydrogen-bond donors (Lipinski definition) is 0. The van der Waals surface area contributed by atoms with Gasteiger partial charge in [-0.25, -0.2) is 8.42 Å². The molecule has 2 aromatic rings. The lowest BCUT2D eigenvalue weighted by molar-refractivity contribution is 0.603. The second-order valence-corrected chi connectivity index (χ2v) is 6.33. The first kappa shape index (κ1) is 12.0. The fourth-order valence-corrected chi connectivity index (χ4v) is 3.22. The Labute approximate surface area is 110 Å². The van der Waals surface area contributed by atoms with Crippen LogP contribution in [-0.4, -0.2) is 20.0 Å². The Bertz CT molecular complexity index is 879. The fraction of sp³-hybridized carbons (Fsp3) is 0.154. The van der Waals surface area contributed by atoms with Crippen molar-refractivity contribution in [3.8, 4) is 0 Å². The molecule has 1 aliphatic heterocycles. The lowest BCUT2D eigenvalue weighted by Crippen LogP contribution is -2.27. The van der Waals surface area contributed by atoms with Gasteiger partial charge in [0.25, 0.3) is 15.6 Å². The number of benzene rings is 1. The van der Waals surface area contributed by atoms with Gasteiger partial charge < -0.3 is 4.57 Å². The molecule has 3 rings (SSSR count). The van der Waals surface area contributed by atoms with E-state index in [1.165, 1.54) is 22.8 Å². The smallest absolute Gasteiger partial charge is 0.257 e. The summed E-state index contributed by atoms with van der Waals surface area (Å²) < 4.78 is 26.4. The second-order valence-electron chi connectivity index (χ2n) is 4.48. The Morgan fingerprint density at radius 2 is 1.79 bits per heavy atom. The summed E-state index contributed by atoms with van der Waals surface area (Å²) in [7, 11) is -0.160. The molecule has 0 saturated heterocycles. The first-order valence-corrected chi connectivity index (χ1v) is 7.22. The van der Waals surface area contributed by atoms with Crippen LogP contribution in [-0.2, 0) is 17.1 Å². The Morgan fingerprint density at radius 3 is 2.53 bits per heavy atom. The molecule has 1 aromatic heterocycles. The van der Waals surface area contributed by atoms with Crippen molar-refractivity contribution in [3.63, 3.8) is 0 Å². The van der Waals surface area contributed by atoms with Crippen molar-refractivity contribution < 1.29 is 8.42 Å². The first-order chi connectivity index (χ1) is 8.92. The van der Waals surface area contributed by atoms with Crippen LogP contribution in [0.3, 0.4) is 0 Å². The molecule has 0 atom stereocenters. The van der Waals surface area contributed by atoms with Crippen molar-refractivity contribution in [1.29, 1.82) is 0 Å². The molecule has 0 fully saturated rings. The molecule has 0 N–H and O–H groups in total. The van der Waals surface area contributed by atoms with E-state index in [4.69, 9.17) is 0 Å². The number of rotatable bonds is 0. The molecule has 1 aliphatic rings. The SMILES string of the molecule is CN1c2ccc3c(ccc(=O)n3C)c2C=CS1(=O)=O. The highest BCUT2D eigenvalue weighted by molar-refractivity contribution is 7.95. The molecular weight excluding hydrogens is 264 g/mol. The highest BCUT2D eigenvalue weighted by atomic mass is 32.2. The number of fused-ring (bicyclic) bond motifs is 3. The molecule has 6 heteroatoms. The highest BCUT2D eigenvalue weighted by Crippen LogP contribution is 2.33. The minimum atomic E-state index is -3.38. The first-order valence-electron chi connectivity index (χ1n) is 5.71. The van der Waals surface area contributed by atoms with E-state index in [0.29, 0.717) is 5.69 Å². The summed E-state index contributed by atoms with van der Waals surface area (Å²) in [5, 5.41) is 2.04. The van der Waals surface area contributed by atoms with Crippen LogP contribution in [0.1, 0.15) is 5.56 Å². The highest BCUT2D eigenvalue weighted by Gasteiger charge is 2.23. The van der Waals surface area contributed by atoms with E-state index in [1.54, 1.807) is 35.9 Å². The molecule has 0 unspecified atom stereocenters. The van der Waals surface area contributed by atoms with Crippen molar-refractivity contribution in [3.05, 3.63) is 45.6 Å². The summed E-state index contributed by atoms with van der Waals surface area (Å²) in [6.45, 7) is 0. The number of nitrogens with zero attached hydrogens (tertiary/aromatic N) is 2. The molecule has 5 nitrogen and oxygen atoms in total. The van der Waals surface area contributed by atoms with Crippen molar-refractivity contribution >= 4 is 32.7 Å². The van der Waals surface area contributed by atoms with Gasteiger partial charge in [-0.05, 0) is 24.3 Å². The molecule has 0 aliphatic carbocycles. The van der Waals surface area contributed by atoms with Crippen LogP contribution >= 0.6 is 0 Å². The number of aryl methyl sites for hydroxylation is 1. The molecule has 19 heavy (non-hydrogen) atoms. The predicted molar refractivity (Wildman–Crippen MR) is 75.5 cm³/mol. The summed E-state index contributed by atoms with van der Waals surface area (Å²) in [4.78, 5) is 11.6. The summed E-state index contributed by atoms with van der Waals surface area (Å²) in [5.41, 5.74) is 2.12. The van der Waals surface area contributed by atoms with E-state index < -0.39 is 10.0 Å². The fourth-order valence-electron chi connectivity index (χ4n) is 2.30. The third-order valence-electron chi connectivity index (χ3n) is 3.45. The molecule has 1 aromatic carbocycles. The van der Waals surface area contributed by atoms with E-state index in [9.17, 15) is 13.2 Å². The minimum absolute atomic E-state index is 0.0896. The third-order valence-corrected chi connectivity index (χ3v) is 4.89. The zero-order valence-electron chi connectivity index (χ0n) is 10.5. The van der Waals surface area contributed by atoms with Crippen molar-refractivity contribution in [2.75, 3.05) is 11.4 Å². The normalized spacial score (nSPS) is 16.6. The van der Waals surface area contributed by atoms with Gasteiger partial charge in [-0.1, -0.05) is 0 Å². The Hall–Kier alpha value is -2.08. The molecule has 2 heterocycles. The zero-order chi connectivity index (χ0) is 13.8.